The lowest BCUT2D eigenvalue weighted by molar-refractivity contribution is 0.0600. The summed E-state index contributed by atoms with van der Waals surface area (Å²) in [4.78, 5) is 14.3. The smallest absolute Gasteiger partial charge is 0.337 e. The topological polar surface area (TPSA) is 64.1 Å². The van der Waals surface area contributed by atoms with E-state index in [9.17, 15) is 4.79 Å². The SMILES string of the molecule is COC(=O)c1ccc(N=Nc2ccc(N(c3ccc(-c4ccc(-n5c6ccc(C(C)(C)C)cc6c6cc(C(C)(C)C)ccc65)cc4)cc3)c3ccc(-c4ccc(-n5c6ccc(C(C)(C)C)cc6c6cc(C(C)(C)C)ccc65)cc4)cc3)cc2)cc1. The maximum atomic E-state index is 12.0. The molecule has 10 aromatic carbocycles. The van der Waals surface area contributed by atoms with Gasteiger partial charge in [0, 0.05) is 50.0 Å². The average molecular weight is 1110 g/mol. The molecule has 2 heterocycles. The van der Waals surface area contributed by atoms with E-state index in [1.54, 1.807) is 24.3 Å². The number of carbonyl (C=O) groups excluding carboxylic acids is 1. The Morgan fingerprint density at radius 3 is 0.871 bits per heavy atom. The first-order valence-electron chi connectivity index (χ1n) is 29.6. The lowest BCUT2D eigenvalue weighted by atomic mass is 9.85. The summed E-state index contributed by atoms with van der Waals surface area (Å²) in [5.41, 5.74) is 21.9. The number of nitrogens with zero attached hydrogens (tertiary/aromatic N) is 5. The van der Waals surface area contributed by atoms with Crippen molar-refractivity contribution in [3.05, 3.63) is 246 Å². The van der Waals surface area contributed by atoms with Crippen LogP contribution in [0.2, 0.25) is 0 Å². The molecule has 12 rings (SSSR count). The minimum Gasteiger partial charge on any atom is -0.465 e. The Hall–Kier alpha value is -9.33. The number of hydrogen-bond donors (Lipinski definition) is 0. The molecule has 0 aliphatic heterocycles. The standard InChI is InChI=1S/C78H75N5O2/c1-75(2,3)55-24-42-70-66(46-55)67-47-56(76(4,5)6)25-43-71(67)82(70)64-36-20-52(21-37-64)50-16-32-61(33-17-50)81(63-40-30-60(31-41-63)80-79-59-28-14-54(15-29-59)74(84)85-13)62-34-18-51(19-35-62)53-22-38-65(39-23-53)83-72-44-26-57(77(7,8)9)48-68(72)69-49-58(78(10,11)12)27-45-73(69)83/h14-49H,1-13H3. The van der Waals surface area contributed by atoms with Gasteiger partial charge in [0.15, 0.2) is 0 Å². The number of methoxy groups -OCH3 is 1. The maximum Gasteiger partial charge on any atom is 0.337 e. The highest BCUT2D eigenvalue weighted by Gasteiger charge is 2.24. The van der Waals surface area contributed by atoms with Crippen LogP contribution >= 0.6 is 0 Å². The Morgan fingerprint density at radius 2 is 0.600 bits per heavy atom. The number of anilines is 3. The second-order valence-electron chi connectivity index (χ2n) is 26.9. The molecule has 2 aromatic heterocycles. The van der Waals surface area contributed by atoms with Crippen LogP contribution in [0, 0.1) is 0 Å². The van der Waals surface area contributed by atoms with Gasteiger partial charge >= 0.3 is 5.97 Å². The molecule has 424 valence electrons. The van der Waals surface area contributed by atoms with Gasteiger partial charge in [0.2, 0.25) is 0 Å². The number of rotatable bonds is 10. The van der Waals surface area contributed by atoms with Gasteiger partial charge in [-0.1, -0.05) is 156 Å². The molecule has 12 aromatic rings. The van der Waals surface area contributed by atoms with Gasteiger partial charge in [-0.3, -0.25) is 0 Å². The van der Waals surface area contributed by atoms with Crippen molar-refractivity contribution in [1.29, 1.82) is 0 Å². The number of benzene rings is 10. The predicted octanol–water partition coefficient (Wildman–Crippen LogP) is 22.1. The van der Waals surface area contributed by atoms with Crippen molar-refractivity contribution in [2.75, 3.05) is 12.0 Å². The zero-order chi connectivity index (χ0) is 59.7. The molecule has 0 bridgehead atoms. The molecule has 0 aliphatic carbocycles. The van der Waals surface area contributed by atoms with E-state index in [0.29, 0.717) is 16.9 Å². The van der Waals surface area contributed by atoms with E-state index in [1.807, 2.05) is 12.1 Å². The fourth-order valence-electron chi connectivity index (χ4n) is 11.7. The molecule has 0 fully saturated rings. The zero-order valence-electron chi connectivity index (χ0n) is 51.3. The minimum absolute atomic E-state index is 0.0334. The Kier molecular flexibility index (Phi) is 14.1. The molecule has 0 N–H and O–H groups in total. The molecule has 0 aliphatic rings. The van der Waals surface area contributed by atoms with E-state index in [0.717, 1.165) is 50.7 Å². The van der Waals surface area contributed by atoms with Crippen LogP contribution in [0.5, 0.6) is 0 Å². The molecule has 0 saturated heterocycles. The van der Waals surface area contributed by atoms with Gasteiger partial charge in [-0.05, 0) is 212 Å². The number of carbonyl (C=O) groups is 1. The van der Waals surface area contributed by atoms with Crippen molar-refractivity contribution in [2.45, 2.75) is 105 Å². The lowest BCUT2D eigenvalue weighted by Gasteiger charge is -2.26. The van der Waals surface area contributed by atoms with Crippen molar-refractivity contribution in [3.8, 4) is 33.6 Å². The van der Waals surface area contributed by atoms with Crippen LogP contribution < -0.4 is 4.90 Å². The normalized spacial score (nSPS) is 12.5. The van der Waals surface area contributed by atoms with Gasteiger partial charge < -0.3 is 18.8 Å². The first kappa shape index (κ1) is 56.2. The number of azo groups is 1. The summed E-state index contributed by atoms with van der Waals surface area (Å²) in [5, 5.41) is 14.1. The second kappa shape index (κ2) is 21.4. The maximum absolute atomic E-state index is 12.0. The third kappa shape index (κ3) is 11.0. The highest BCUT2D eigenvalue weighted by molar-refractivity contribution is 6.11. The monoisotopic (exact) mass is 1110 g/mol. The third-order valence-corrected chi connectivity index (χ3v) is 16.8. The van der Waals surface area contributed by atoms with Crippen molar-refractivity contribution in [1.82, 2.24) is 9.13 Å². The Labute approximate surface area is 500 Å². The number of aromatic nitrogens is 2. The third-order valence-electron chi connectivity index (χ3n) is 16.8. The molecule has 7 heteroatoms. The highest BCUT2D eigenvalue weighted by atomic mass is 16.5. The van der Waals surface area contributed by atoms with Crippen LogP contribution in [0.15, 0.2) is 229 Å². The molecular weight excluding hydrogens is 1040 g/mol. The number of fused-ring (bicyclic) bond motifs is 6. The van der Waals surface area contributed by atoms with Gasteiger partial charge in [-0.2, -0.15) is 10.2 Å². The van der Waals surface area contributed by atoms with Crippen LogP contribution in [0.3, 0.4) is 0 Å². The van der Waals surface area contributed by atoms with Crippen LogP contribution in [-0.4, -0.2) is 22.2 Å². The van der Waals surface area contributed by atoms with Gasteiger partial charge in [0.25, 0.3) is 0 Å². The van der Waals surface area contributed by atoms with Crippen molar-refractivity contribution in [2.24, 2.45) is 10.2 Å². The van der Waals surface area contributed by atoms with E-state index >= 15 is 0 Å². The summed E-state index contributed by atoms with van der Waals surface area (Å²) < 4.78 is 9.70. The molecule has 85 heavy (non-hydrogen) atoms. The number of hydrogen-bond acceptors (Lipinski definition) is 5. The van der Waals surface area contributed by atoms with E-state index in [2.05, 4.69) is 289 Å². The van der Waals surface area contributed by atoms with E-state index in [4.69, 9.17) is 4.74 Å². The van der Waals surface area contributed by atoms with Crippen LogP contribution in [0.25, 0.3) is 77.2 Å². The molecular formula is C78H75N5O2. The largest absolute Gasteiger partial charge is 0.465 e. The van der Waals surface area contributed by atoms with Gasteiger partial charge in [-0.25, -0.2) is 4.79 Å². The molecule has 0 spiro atoms. The molecule has 0 atom stereocenters. The van der Waals surface area contributed by atoms with Crippen LogP contribution in [0.1, 0.15) is 116 Å². The summed E-state index contributed by atoms with van der Waals surface area (Å²) in [7, 11) is 1.37. The first-order valence-corrected chi connectivity index (χ1v) is 29.6. The summed E-state index contributed by atoms with van der Waals surface area (Å²) in [6.45, 7) is 27.5. The summed E-state index contributed by atoms with van der Waals surface area (Å²) in [5.74, 6) is -0.391. The van der Waals surface area contributed by atoms with Crippen LogP contribution in [0.4, 0.5) is 28.4 Å². The minimum atomic E-state index is -0.391. The summed E-state index contributed by atoms with van der Waals surface area (Å²) in [6, 6.07) is 78.7. The molecule has 7 nitrogen and oxygen atoms in total. The quantitative estimate of drug-likeness (QED) is 0.101. The zero-order valence-corrected chi connectivity index (χ0v) is 51.3. The average Bonchev–Trinajstić information content (AvgIpc) is 3.66. The van der Waals surface area contributed by atoms with Gasteiger partial charge in [-0.15, -0.1) is 0 Å². The second-order valence-corrected chi connectivity index (χ2v) is 26.9. The van der Waals surface area contributed by atoms with E-state index < -0.39 is 5.97 Å². The van der Waals surface area contributed by atoms with Crippen molar-refractivity contribution < 1.29 is 9.53 Å². The molecule has 0 radical (unpaired) electrons. The van der Waals surface area contributed by atoms with Gasteiger partial charge in [0.05, 0.1) is 46.1 Å². The Morgan fingerprint density at radius 1 is 0.341 bits per heavy atom. The fraction of sp³-hybridized carbons (Fsp3) is 0.218. The predicted molar refractivity (Wildman–Crippen MR) is 357 cm³/mol. The van der Waals surface area contributed by atoms with Crippen molar-refractivity contribution >= 4 is 78.0 Å². The summed E-state index contributed by atoms with van der Waals surface area (Å²) in [6.07, 6.45) is 0. The number of ether oxygens (including phenoxy) is 1. The fourth-order valence-corrected chi connectivity index (χ4v) is 11.7. The Bertz CT molecular complexity index is 4120. The first-order chi connectivity index (χ1) is 40.5. The van der Waals surface area contributed by atoms with Crippen LogP contribution in [-0.2, 0) is 26.4 Å². The van der Waals surface area contributed by atoms with Crippen molar-refractivity contribution in [3.63, 3.8) is 0 Å². The molecule has 0 unspecified atom stereocenters. The highest BCUT2D eigenvalue weighted by Crippen LogP contribution is 2.42. The molecule has 0 saturated carbocycles. The van der Waals surface area contributed by atoms with E-state index in [1.165, 1.54) is 73.0 Å². The summed E-state index contributed by atoms with van der Waals surface area (Å²) >= 11 is 0. The van der Waals surface area contributed by atoms with E-state index in [-0.39, 0.29) is 21.7 Å². The van der Waals surface area contributed by atoms with Gasteiger partial charge in [0.1, 0.15) is 0 Å². The molecule has 0 amide bonds. The Balaban J connectivity index is 0.863. The number of esters is 1. The lowest BCUT2D eigenvalue weighted by Crippen LogP contribution is -2.10.